The Hall–Kier alpha value is -1.26. The molecule has 1 amide bonds. The SMILES string of the molecule is CN(C)C(=O)OC1=NOC2CCCCC12. The summed E-state index contributed by atoms with van der Waals surface area (Å²) in [6, 6.07) is 0. The molecule has 2 unspecified atom stereocenters. The normalized spacial score (nSPS) is 28.8. The van der Waals surface area contributed by atoms with Gasteiger partial charge < -0.3 is 14.5 Å². The monoisotopic (exact) mass is 212 g/mol. The molecule has 0 aromatic carbocycles. The molecule has 1 saturated carbocycles. The largest absolute Gasteiger partial charge is 0.415 e. The van der Waals surface area contributed by atoms with Gasteiger partial charge in [0.1, 0.15) is 6.10 Å². The Labute approximate surface area is 89.0 Å². The van der Waals surface area contributed by atoms with Gasteiger partial charge in [0.05, 0.1) is 5.92 Å². The quantitative estimate of drug-likeness (QED) is 0.612. The fourth-order valence-electron chi connectivity index (χ4n) is 1.97. The second-order valence-electron chi connectivity index (χ2n) is 4.23. The van der Waals surface area contributed by atoms with E-state index in [4.69, 9.17) is 9.57 Å². The van der Waals surface area contributed by atoms with E-state index < -0.39 is 0 Å². The third-order valence-corrected chi connectivity index (χ3v) is 2.85. The zero-order valence-electron chi connectivity index (χ0n) is 9.10. The minimum atomic E-state index is -0.386. The van der Waals surface area contributed by atoms with Crippen LogP contribution in [-0.2, 0) is 9.57 Å². The maximum absolute atomic E-state index is 11.3. The molecule has 15 heavy (non-hydrogen) atoms. The maximum Gasteiger partial charge on any atom is 0.415 e. The second kappa shape index (κ2) is 4.08. The fourth-order valence-corrected chi connectivity index (χ4v) is 1.97. The number of nitrogens with zero attached hydrogens (tertiary/aromatic N) is 2. The molecule has 2 rings (SSSR count). The van der Waals surface area contributed by atoms with Gasteiger partial charge in [0.25, 0.3) is 0 Å². The molecule has 0 saturated heterocycles. The number of oxime groups is 1. The number of hydrogen-bond donors (Lipinski definition) is 0. The predicted molar refractivity (Wildman–Crippen MR) is 54.4 cm³/mol. The molecule has 1 fully saturated rings. The zero-order valence-corrected chi connectivity index (χ0v) is 9.10. The number of hydrogen-bond acceptors (Lipinski definition) is 4. The Morgan fingerprint density at radius 1 is 1.47 bits per heavy atom. The highest BCUT2D eigenvalue weighted by atomic mass is 16.7. The van der Waals surface area contributed by atoms with E-state index in [9.17, 15) is 4.79 Å². The number of fused-ring (bicyclic) bond motifs is 1. The van der Waals surface area contributed by atoms with Gasteiger partial charge in [0.2, 0.25) is 5.90 Å². The first-order chi connectivity index (χ1) is 7.18. The van der Waals surface area contributed by atoms with Gasteiger partial charge in [-0.25, -0.2) is 4.79 Å². The molecule has 0 bridgehead atoms. The van der Waals surface area contributed by atoms with E-state index in [1.165, 1.54) is 11.3 Å². The summed E-state index contributed by atoms with van der Waals surface area (Å²) in [6.07, 6.45) is 4.09. The Morgan fingerprint density at radius 2 is 2.20 bits per heavy atom. The van der Waals surface area contributed by atoms with Crippen LogP contribution in [0.25, 0.3) is 0 Å². The Bertz CT molecular complexity index is 288. The van der Waals surface area contributed by atoms with Crippen molar-refractivity contribution in [3.63, 3.8) is 0 Å². The van der Waals surface area contributed by atoms with Gasteiger partial charge in [0.15, 0.2) is 0 Å². The van der Waals surface area contributed by atoms with Crippen molar-refractivity contribution >= 4 is 12.0 Å². The van der Waals surface area contributed by atoms with Crippen LogP contribution in [0.5, 0.6) is 0 Å². The van der Waals surface area contributed by atoms with Crippen molar-refractivity contribution in [2.45, 2.75) is 31.8 Å². The molecule has 84 valence electrons. The van der Waals surface area contributed by atoms with Gasteiger partial charge in [-0.1, -0.05) is 11.6 Å². The van der Waals surface area contributed by atoms with E-state index >= 15 is 0 Å². The van der Waals surface area contributed by atoms with E-state index in [2.05, 4.69) is 5.16 Å². The van der Waals surface area contributed by atoms with Gasteiger partial charge in [-0.3, -0.25) is 0 Å². The van der Waals surface area contributed by atoms with Crippen molar-refractivity contribution in [3.05, 3.63) is 0 Å². The Morgan fingerprint density at radius 3 is 2.93 bits per heavy atom. The van der Waals surface area contributed by atoms with Crippen LogP contribution in [0.4, 0.5) is 4.79 Å². The van der Waals surface area contributed by atoms with Crippen molar-refractivity contribution in [3.8, 4) is 0 Å². The first-order valence-corrected chi connectivity index (χ1v) is 5.31. The Kier molecular flexibility index (Phi) is 2.79. The van der Waals surface area contributed by atoms with E-state index in [0.717, 1.165) is 19.3 Å². The van der Waals surface area contributed by atoms with Crippen LogP contribution in [0, 0.1) is 5.92 Å². The van der Waals surface area contributed by atoms with Crippen molar-refractivity contribution in [2.24, 2.45) is 11.1 Å². The van der Waals surface area contributed by atoms with Crippen LogP contribution in [0.1, 0.15) is 25.7 Å². The molecule has 5 nitrogen and oxygen atoms in total. The second-order valence-corrected chi connectivity index (χ2v) is 4.23. The average Bonchev–Trinajstić information content (AvgIpc) is 2.62. The first kappa shape index (κ1) is 10.3. The topological polar surface area (TPSA) is 51.1 Å². The smallest absolute Gasteiger partial charge is 0.391 e. The van der Waals surface area contributed by atoms with E-state index in [0.29, 0.717) is 5.90 Å². The molecule has 1 aliphatic carbocycles. The summed E-state index contributed by atoms with van der Waals surface area (Å²) in [5.74, 6) is 0.640. The van der Waals surface area contributed by atoms with Crippen molar-refractivity contribution in [2.75, 3.05) is 14.1 Å². The lowest BCUT2D eigenvalue weighted by Crippen LogP contribution is -2.32. The van der Waals surface area contributed by atoms with E-state index in [1.807, 2.05) is 0 Å². The zero-order chi connectivity index (χ0) is 10.8. The number of amides is 1. The van der Waals surface area contributed by atoms with Crippen LogP contribution in [0.3, 0.4) is 0 Å². The molecular formula is C10H16N2O3. The van der Waals surface area contributed by atoms with Gasteiger partial charge in [-0.05, 0) is 19.3 Å². The van der Waals surface area contributed by atoms with Crippen LogP contribution < -0.4 is 0 Å². The molecule has 5 heteroatoms. The lowest BCUT2D eigenvalue weighted by atomic mass is 9.87. The van der Waals surface area contributed by atoms with Crippen molar-refractivity contribution < 1.29 is 14.4 Å². The highest BCUT2D eigenvalue weighted by Gasteiger charge is 2.38. The minimum absolute atomic E-state index is 0.128. The van der Waals surface area contributed by atoms with Crippen molar-refractivity contribution in [1.29, 1.82) is 0 Å². The van der Waals surface area contributed by atoms with Crippen LogP contribution >= 0.6 is 0 Å². The maximum atomic E-state index is 11.3. The fraction of sp³-hybridized carbons (Fsp3) is 0.800. The van der Waals surface area contributed by atoms with Crippen LogP contribution in [0.15, 0.2) is 5.16 Å². The lowest BCUT2D eigenvalue weighted by Gasteiger charge is -2.22. The first-order valence-electron chi connectivity index (χ1n) is 5.31. The molecule has 0 N–H and O–H groups in total. The molecule has 1 heterocycles. The van der Waals surface area contributed by atoms with Gasteiger partial charge in [0, 0.05) is 14.1 Å². The summed E-state index contributed by atoms with van der Waals surface area (Å²) in [7, 11) is 3.30. The molecule has 1 aliphatic heterocycles. The van der Waals surface area contributed by atoms with Crippen LogP contribution in [0.2, 0.25) is 0 Å². The third-order valence-electron chi connectivity index (χ3n) is 2.85. The summed E-state index contributed by atoms with van der Waals surface area (Å²) in [5, 5.41) is 3.85. The summed E-state index contributed by atoms with van der Waals surface area (Å²) < 4.78 is 5.15. The average molecular weight is 212 g/mol. The molecule has 0 aromatic heterocycles. The molecule has 2 aliphatic rings. The summed E-state index contributed by atoms with van der Waals surface area (Å²) in [5.41, 5.74) is 0. The third kappa shape index (κ3) is 2.06. The van der Waals surface area contributed by atoms with Crippen LogP contribution in [-0.4, -0.2) is 37.1 Å². The molecule has 0 radical (unpaired) electrons. The number of carbonyl (C=O) groups excluding carboxylic acids is 1. The number of rotatable bonds is 0. The van der Waals surface area contributed by atoms with E-state index in [-0.39, 0.29) is 18.1 Å². The number of carbonyl (C=O) groups is 1. The summed E-state index contributed by atoms with van der Waals surface area (Å²) >= 11 is 0. The summed E-state index contributed by atoms with van der Waals surface area (Å²) in [6.45, 7) is 0. The number of ether oxygens (including phenoxy) is 1. The highest BCUT2D eigenvalue weighted by Crippen LogP contribution is 2.32. The molecular weight excluding hydrogens is 196 g/mol. The van der Waals surface area contributed by atoms with Crippen molar-refractivity contribution in [1.82, 2.24) is 4.90 Å². The molecule has 2 atom stereocenters. The van der Waals surface area contributed by atoms with Gasteiger partial charge in [-0.2, -0.15) is 0 Å². The van der Waals surface area contributed by atoms with Gasteiger partial charge >= 0.3 is 6.09 Å². The molecule has 0 aromatic rings. The summed E-state index contributed by atoms with van der Waals surface area (Å²) in [4.78, 5) is 18.0. The standard InChI is InChI=1S/C10H16N2O3/c1-12(2)10(13)14-9-7-5-3-4-6-8(7)15-11-9/h7-8H,3-6H2,1-2H3. The lowest BCUT2D eigenvalue weighted by molar-refractivity contribution is 0.0395. The van der Waals surface area contributed by atoms with E-state index in [1.54, 1.807) is 14.1 Å². The molecule has 0 spiro atoms. The minimum Gasteiger partial charge on any atom is -0.391 e. The predicted octanol–water partition coefficient (Wildman–Crippen LogP) is 1.59. The highest BCUT2D eigenvalue weighted by molar-refractivity contribution is 5.90. The van der Waals surface area contributed by atoms with Gasteiger partial charge in [-0.15, -0.1) is 0 Å². The Balaban J connectivity index is 1.96.